The van der Waals surface area contributed by atoms with Crippen LogP contribution in [0.3, 0.4) is 0 Å². The van der Waals surface area contributed by atoms with Crippen molar-refractivity contribution >= 4 is 11.7 Å². The third-order valence-corrected chi connectivity index (χ3v) is 5.73. The Kier molecular flexibility index (Phi) is 4.90. The summed E-state index contributed by atoms with van der Waals surface area (Å²) in [5, 5.41) is 0. The van der Waals surface area contributed by atoms with Crippen molar-refractivity contribution in [1.82, 2.24) is 9.88 Å². The molecule has 1 aromatic heterocycles. The van der Waals surface area contributed by atoms with Crippen LogP contribution < -0.4 is 4.90 Å². The number of ether oxygens (including phenoxy) is 2. The Hall–Kier alpha value is -1.66. The molecule has 0 N–H and O–H groups in total. The van der Waals surface area contributed by atoms with Crippen molar-refractivity contribution in [3.8, 4) is 0 Å². The molecule has 0 unspecified atom stereocenters. The predicted octanol–water partition coefficient (Wildman–Crippen LogP) is 1.56. The highest BCUT2D eigenvalue weighted by Crippen LogP contribution is 2.36. The average molecular weight is 345 g/mol. The number of aromatic nitrogens is 1. The molecule has 25 heavy (non-hydrogen) atoms. The maximum absolute atomic E-state index is 13.0. The van der Waals surface area contributed by atoms with Crippen LogP contribution in [-0.2, 0) is 14.3 Å². The van der Waals surface area contributed by atoms with E-state index >= 15 is 0 Å². The summed E-state index contributed by atoms with van der Waals surface area (Å²) in [5.41, 5.74) is 0.0227. The van der Waals surface area contributed by atoms with E-state index in [1.54, 1.807) is 0 Å². The molecule has 3 aliphatic heterocycles. The number of hydrogen-bond donors (Lipinski definition) is 0. The highest BCUT2D eigenvalue weighted by atomic mass is 16.5. The van der Waals surface area contributed by atoms with Crippen LogP contribution in [0.4, 0.5) is 5.82 Å². The van der Waals surface area contributed by atoms with Crippen molar-refractivity contribution in [1.29, 1.82) is 0 Å². The lowest BCUT2D eigenvalue weighted by atomic mass is 9.87. The van der Waals surface area contributed by atoms with Crippen molar-refractivity contribution in [3.63, 3.8) is 0 Å². The molecule has 1 spiro atoms. The predicted molar refractivity (Wildman–Crippen MR) is 94.4 cm³/mol. The summed E-state index contributed by atoms with van der Waals surface area (Å²) in [4.78, 5) is 21.9. The van der Waals surface area contributed by atoms with Gasteiger partial charge in [-0.05, 0) is 31.4 Å². The molecule has 0 bridgehead atoms. The van der Waals surface area contributed by atoms with Crippen LogP contribution in [0.2, 0.25) is 0 Å². The molecule has 1 aromatic rings. The normalized spacial score (nSPS) is 28.3. The average Bonchev–Trinajstić information content (AvgIpc) is 2.97. The number of hydrogen-bond acceptors (Lipinski definition) is 5. The fourth-order valence-corrected chi connectivity index (χ4v) is 4.30. The molecule has 0 saturated carbocycles. The number of carbonyl (C=O) groups excluding carboxylic acids is 1. The first-order valence-electron chi connectivity index (χ1n) is 9.36. The Morgan fingerprint density at radius 3 is 2.80 bits per heavy atom. The van der Waals surface area contributed by atoms with E-state index in [0.717, 1.165) is 51.3 Å². The molecule has 136 valence electrons. The topological polar surface area (TPSA) is 54.9 Å². The third-order valence-electron chi connectivity index (χ3n) is 5.73. The molecule has 3 aliphatic rings. The zero-order valence-electron chi connectivity index (χ0n) is 14.7. The van der Waals surface area contributed by atoms with Crippen molar-refractivity contribution in [2.24, 2.45) is 11.3 Å². The molecule has 4 rings (SSSR count). The Balaban J connectivity index is 1.45. The maximum Gasteiger partial charge on any atom is 0.225 e. The zero-order chi connectivity index (χ0) is 17.1. The molecule has 1 atom stereocenters. The van der Waals surface area contributed by atoms with Crippen LogP contribution in [0.1, 0.15) is 19.3 Å². The smallest absolute Gasteiger partial charge is 0.225 e. The zero-order valence-corrected chi connectivity index (χ0v) is 14.7. The van der Waals surface area contributed by atoms with Gasteiger partial charge in [-0.1, -0.05) is 6.07 Å². The van der Waals surface area contributed by atoms with Gasteiger partial charge in [-0.25, -0.2) is 4.98 Å². The quantitative estimate of drug-likeness (QED) is 0.814. The first kappa shape index (κ1) is 16.8. The molecule has 0 radical (unpaired) electrons. The van der Waals surface area contributed by atoms with Gasteiger partial charge in [0.05, 0.1) is 13.2 Å². The number of anilines is 1. The second-order valence-electron chi connectivity index (χ2n) is 7.56. The van der Waals surface area contributed by atoms with Gasteiger partial charge in [0.15, 0.2) is 0 Å². The van der Waals surface area contributed by atoms with Gasteiger partial charge >= 0.3 is 0 Å². The standard InChI is InChI=1S/C19H27N3O3/c23-18(16-4-10-24-11-5-16)22-9-12-25-15-19(14-22)6-8-21(13-19)17-3-1-2-7-20-17/h1-3,7,16H,4-6,8-15H2/t19-/m0/s1. The number of carbonyl (C=O) groups is 1. The largest absolute Gasteiger partial charge is 0.381 e. The number of nitrogens with zero attached hydrogens (tertiary/aromatic N) is 3. The van der Waals surface area contributed by atoms with E-state index in [-0.39, 0.29) is 11.3 Å². The lowest BCUT2D eigenvalue weighted by molar-refractivity contribution is -0.139. The van der Waals surface area contributed by atoms with E-state index in [1.165, 1.54) is 0 Å². The van der Waals surface area contributed by atoms with E-state index in [2.05, 4.69) is 20.9 Å². The first-order valence-corrected chi connectivity index (χ1v) is 9.36. The van der Waals surface area contributed by atoms with Gasteiger partial charge in [0.25, 0.3) is 0 Å². The van der Waals surface area contributed by atoms with Crippen LogP contribution >= 0.6 is 0 Å². The Morgan fingerprint density at radius 1 is 1.12 bits per heavy atom. The number of pyridine rings is 1. The van der Waals surface area contributed by atoms with Crippen LogP contribution in [0.25, 0.3) is 0 Å². The van der Waals surface area contributed by atoms with Gasteiger partial charge in [0.2, 0.25) is 5.91 Å². The fourth-order valence-electron chi connectivity index (χ4n) is 4.30. The number of amides is 1. The summed E-state index contributed by atoms with van der Waals surface area (Å²) in [6.45, 7) is 6.17. The molecular formula is C19H27N3O3. The molecule has 6 heteroatoms. The van der Waals surface area contributed by atoms with Crippen molar-refractivity contribution in [2.75, 3.05) is 57.5 Å². The molecule has 0 aliphatic carbocycles. The molecule has 0 aromatic carbocycles. The van der Waals surface area contributed by atoms with Gasteiger partial charge in [0, 0.05) is 56.9 Å². The summed E-state index contributed by atoms with van der Waals surface area (Å²) in [7, 11) is 0. The van der Waals surface area contributed by atoms with E-state index in [4.69, 9.17) is 9.47 Å². The van der Waals surface area contributed by atoms with Crippen molar-refractivity contribution < 1.29 is 14.3 Å². The molecule has 6 nitrogen and oxygen atoms in total. The monoisotopic (exact) mass is 345 g/mol. The Labute approximate surface area is 149 Å². The summed E-state index contributed by atoms with van der Waals surface area (Å²) in [6.07, 6.45) is 4.58. The summed E-state index contributed by atoms with van der Waals surface area (Å²) in [5.74, 6) is 1.44. The van der Waals surface area contributed by atoms with Gasteiger partial charge in [-0.15, -0.1) is 0 Å². The van der Waals surface area contributed by atoms with E-state index in [0.29, 0.717) is 32.3 Å². The van der Waals surface area contributed by atoms with Gasteiger partial charge in [-0.3, -0.25) is 4.79 Å². The van der Waals surface area contributed by atoms with Gasteiger partial charge in [-0.2, -0.15) is 0 Å². The minimum Gasteiger partial charge on any atom is -0.381 e. The minimum atomic E-state index is 0.0227. The molecule has 4 heterocycles. The molecular weight excluding hydrogens is 318 g/mol. The van der Waals surface area contributed by atoms with Crippen LogP contribution in [0, 0.1) is 11.3 Å². The summed E-state index contributed by atoms with van der Waals surface area (Å²) >= 11 is 0. The maximum atomic E-state index is 13.0. The molecule has 1 amide bonds. The second-order valence-corrected chi connectivity index (χ2v) is 7.56. The highest BCUT2D eigenvalue weighted by Gasteiger charge is 2.43. The molecule has 3 saturated heterocycles. The van der Waals surface area contributed by atoms with Gasteiger partial charge in [0.1, 0.15) is 5.82 Å². The Bertz CT molecular complexity index is 591. The van der Waals surface area contributed by atoms with Gasteiger partial charge < -0.3 is 19.3 Å². The fraction of sp³-hybridized carbons (Fsp3) is 0.684. The third kappa shape index (κ3) is 3.65. The SMILES string of the molecule is O=C(C1CCOCC1)N1CCOC[C@]2(CCN(c3ccccn3)C2)C1. The van der Waals surface area contributed by atoms with Crippen molar-refractivity contribution in [3.05, 3.63) is 24.4 Å². The first-order chi connectivity index (χ1) is 12.3. The van der Waals surface area contributed by atoms with E-state index in [1.807, 2.05) is 18.3 Å². The number of rotatable bonds is 2. The summed E-state index contributed by atoms with van der Waals surface area (Å²) < 4.78 is 11.3. The van der Waals surface area contributed by atoms with E-state index < -0.39 is 0 Å². The van der Waals surface area contributed by atoms with Crippen LogP contribution in [0.15, 0.2) is 24.4 Å². The van der Waals surface area contributed by atoms with Crippen LogP contribution in [0.5, 0.6) is 0 Å². The Morgan fingerprint density at radius 2 is 2.00 bits per heavy atom. The lowest BCUT2D eigenvalue weighted by Crippen LogP contribution is -2.46. The van der Waals surface area contributed by atoms with Crippen LogP contribution in [-0.4, -0.2) is 68.4 Å². The van der Waals surface area contributed by atoms with E-state index in [9.17, 15) is 4.79 Å². The molecule has 3 fully saturated rings. The minimum absolute atomic E-state index is 0.0227. The highest BCUT2D eigenvalue weighted by molar-refractivity contribution is 5.79. The van der Waals surface area contributed by atoms with Crippen molar-refractivity contribution in [2.45, 2.75) is 19.3 Å². The second kappa shape index (κ2) is 7.30. The summed E-state index contributed by atoms with van der Waals surface area (Å²) in [6, 6.07) is 6.03. The lowest BCUT2D eigenvalue weighted by Gasteiger charge is -2.34.